The van der Waals surface area contributed by atoms with Gasteiger partial charge in [0, 0.05) is 50.3 Å². The number of carbonyl (C=O) groups is 1. The van der Waals surface area contributed by atoms with Gasteiger partial charge in [0.15, 0.2) is 0 Å². The summed E-state index contributed by atoms with van der Waals surface area (Å²) >= 11 is 0. The largest absolute Gasteiger partial charge is 0.481 e. The lowest BCUT2D eigenvalue weighted by atomic mass is 10.2. The first-order chi connectivity index (χ1) is 11.2. The van der Waals surface area contributed by atoms with Gasteiger partial charge in [0.2, 0.25) is 11.8 Å². The first kappa shape index (κ1) is 15.0. The molecule has 0 unspecified atom stereocenters. The van der Waals surface area contributed by atoms with Crippen molar-refractivity contribution in [2.45, 2.75) is 0 Å². The minimum atomic E-state index is -0.518. The summed E-state index contributed by atoms with van der Waals surface area (Å²) in [5, 5.41) is 0. The number of hydrogen-bond acceptors (Lipinski definition) is 7. The maximum atomic E-state index is 11.2. The summed E-state index contributed by atoms with van der Waals surface area (Å²) in [5.74, 6) is 0.699. The van der Waals surface area contributed by atoms with E-state index < -0.39 is 5.91 Å². The molecule has 0 saturated carbocycles. The van der Waals surface area contributed by atoms with Crippen LogP contribution in [0.4, 0.5) is 11.6 Å². The van der Waals surface area contributed by atoms with Crippen LogP contribution in [-0.2, 0) is 0 Å². The Morgan fingerprint density at radius 3 is 2.52 bits per heavy atom. The van der Waals surface area contributed by atoms with Crippen molar-refractivity contribution in [3.8, 4) is 5.88 Å². The number of methoxy groups -OCH3 is 1. The Kier molecular flexibility index (Phi) is 4.22. The highest BCUT2D eigenvalue weighted by Crippen LogP contribution is 2.19. The summed E-state index contributed by atoms with van der Waals surface area (Å²) in [6.07, 6.45) is 3.29. The smallest absolute Gasteiger partial charge is 0.267 e. The monoisotopic (exact) mass is 314 g/mol. The summed E-state index contributed by atoms with van der Waals surface area (Å²) in [5.41, 5.74) is 6.50. The summed E-state index contributed by atoms with van der Waals surface area (Å²) in [7, 11) is 1.59. The van der Waals surface area contributed by atoms with Gasteiger partial charge < -0.3 is 20.3 Å². The lowest BCUT2D eigenvalue weighted by Gasteiger charge is -2.36. The molecule has 1 saturated heterocycles. The Morgan fingerprint density at radius 2 is 1.83 bits per heavy atom. The maximum Gasteiger partial charge on any atom is 0.267 e. The molecule has 1 aliphatic heterocycles. The molecule has 23 heavy (non-hydrogen) atoms. The van der Waals surface area contributed by atoms with Gasteiger partial charge in [-0.2, -0.15) is 4.98 Å². The van der Waals surface area contributed by atoms with E-state index in [9.17, 15) is 4.79 Å². The van der Waals surface area contributed by atoms with Crippen LogP contribution in [0.15, 0.2) is 30.6 Å². The second kappa shape index (κ2) is 6.47. The highest BCUT2D eigenvalue weighted by atomic mass is 16.5. The molecule has 2 N–H and O–H groups in total. The van der Waals surface area contributed by atoms with E-state index >= 15 is 0 Å². The van der Waals surface area contributed by atoms with Gasteiger partial charge in [-0.3, -0.25) is 9.78 Å². The molecular weight excluding hydrogens is 296 g/mol. The van der Waals surface area contributed by atoms with Gasteiger partial charge in [-0.25, -0.2) is 4.98 Å². The van der Waals surface area contributed by atoms with Crippen molar-refractivity contribution in [1.82, 2.24) is 15.0 Å². The fourth-order valence-electron chi connectivity index (χ4n) is 2.51. The molecule has 8 heteroatoms. The van der Waals surface area contributed by atoms with E-state index in [1.54, 1.807) is 31.6 Å². The van der Waals surface area contributed by atoms with E-state index in [1.165, 1.54) is 0 Å². The third kappa shape index (κ3) is 3.31. The quantitative estimate of drug-likeness (QED) is 0.867. The van der Waals surface area contributed by atoms with Crippen LogP contribution in [-0.4, -0.2) is 54.1 Å². The Balaban J connectivity index is 1.68. The highest BCUT2D eigenvalue weighted by Gasteiger charge is 2.20. The molecule has 0 atom stereocenters. The van der Waals surface area contributed by atoms with Crippen LogP contribution >= 0.6 is 0 Å². The first-order valence-corrected chi connectivity index (χ1v) is 7.30. The van der Waals surface area contributed by atoms with Crippen molar-refractivity contribution in [2.24, 2.45) is 5.73 Å². The predicted molar refractivity (Wildman–Crippen MR) is 85.8 cm³/mol. The van der Waals surface area contributed by atoms with Crippen molar-refractivity contribution in [2.75, 3.05) is 43.1 Å². The van der Waals surface area contributed by atoms with Gasteiger partial charge in [0.05, 0.1) is 7.11 Å². The summed E-state index contributed by atoms with van der Waals surface area (Å²) in [6.45, 7) is 3.15. The van der Waals surface area contributed by atoms with Crippen molar-refractivity contribution < 1.29 is 9.53 Å². The molecule has 1 aliphatic rings. The number of anilines is 2. The summed E-state index contributed by atoms with van der Waals surface area (Å²) in [4.78, 5) is 28.1. The van der Waals surface area contributed by atoms with Crippen molar-refractivity contribution in [1.29, 1.82) is 0 Å². The fraction of sp³-hybridized carbons (Fsp3) is 0.333. The Hall–Kier alpha value is -2.90. The number of rotatable bonds is 4. The number of nitrogens with two attached hydrogens (primary N) is 1. The third-order valence-corrected chi connectivity index (χ3v) is 3.75. The minimum absolute atomic E-state index is 0.279. The van der Waals surface area contributed by atoms with Gasteiger partial charge in [-0.1, -0.05) is 0 Å². The Labute approximate surface area is 133 Å². The second-order valence-corrected chi connectivity index (χ2v) is 5.14. The van der Waals surface area contributed by atoms with Crippen LogP contribution in [0, 0.1) is 0 Å². The number of carbonyl (C=O) groups excluding carboxylic acids is 1. The number of ether oxygens (including phenoxy) is 1. The maximum absolute atomic E-state index is 11.2. The van der Waals surface area contributed by atoms with Crippen LogP contribution in [0.25, 0.3) is 0 Å². The van der Waals surface area contributed by atoms with Crippen molar-refractivity contribution in [3.63, 3.8) is 0 Å². The van der Waals surface area contributed by atoms with Gasteiger partial charge >= 0.3 is 0 Å². The number of hydrogen-bond donors (Lipinski definition) is 1. The molecule has 0 bridgehead atoms. The summed E-state index contributed by atoms with van der Waals surface area (Å²) in [6, 6.07) is 5.33. The molecule has 0 aromatic carbocycles. The molecule has 1 fully saturated rings. The zero-order valence-corrected chi connectivity index (χ0v) is 12.8. The topological polar surface area (TPSA) is 97.5 Å². The zero-order valence-electron chi connectivity index (χ0n) is 12.8. The Bertz CT molecular complexity index is 700. The molecule has 2 aromatic rings. The standard InChI is InChI=1S/C15H18N6O2/c1-23-13-3-5-18-15(19-13)21-8-6-20(7-9-21)11-2-4-17-12(10-11)14(16)22/h2-5,10H,6-9H2,1H3,(H2,16,22). The molecule has 2 aromatic heterocycles. The van der Waals surface area contributed by atoms with Crippen LogP contribution in [0.2, 0.25) is 0 Å². The van der Waals surface area contributed by atoms with Crippen LogP contribution in [0.1, 0.15) is 10.5 Å². The molecule has 3 heterocycles. The second-order valence-electron chi connectivity index (χ2n) is 5.14. The lowest BCUT2D eigenvalue weighted by Crippen LogP contribution is -2.47. The number of pyridine rings is 1. The van der Waals surface area contributed by atoms with Gasteiger partial charge in [0.25, 0.3) is 5.91 Å². The number of aromatic nitrogens is 3. The normalized spacial score (nSPS) is 14.7. The van der Waals surface area contributed by atoms with Crippen LogP contribution in [0.5, 0.6) is 5.88 Å². The molecule has 0 radical (unpaired) electrons. The molecule has 1 amide bonds. The first-order valence-electron chi connectivity index (χ1n) is 7.30. The van der Waals surface area contributed by atoms with Crippen LogP contribution < -0.4 is 20.3 Å². The van der Waals surface area contributed by atoms with E-state index in [4.69, 9.17) is 10.5 Å². The fourth-order valence-corrected chi connectivity index (χ4v) is 2.51. The zero-order chi connectivity index (χ0) is 16.2. The van der Waals surface area contributed by atoms with E-state index in [0.29, 0.717) is 11.8 Å². The lowest BCUT2D eigenvalue weighted by molar-refractivity contribution is 0.0995. The molecular formula is C15H18N6O2. The number of primary amides is 1. The average Bonchev–Trinajstić information content (AvgIpc) is 2.62. The van der Waals surface area contributed by atoms with Crippen molar-refractivity contribution >= 4 is 17.5 Å². The SMILES string of the molecule is COc1ccnc(N2CCN(c3ccnc(C(N)=O)c3)CC2)n1. The predicted octanol–water partition coefficient (Wildman–Crippen LogP) is 0.306. The number of nitrogens with zero attached hydrogens (tertiary/aromatic N) is 5. The van der Waals surface area contributed by atoms with Crippen molar-refractivity contribution in [3.05, 3.63) is 36.3 Å². The molecule has 0 spiro atoms. The molecule has 3 rings (SSSR count). The minimum Gasteiger partial charge on any atom is -0.481 e. The van der Waals surface area contributed by atoms with E-state index in [1.807, 2.05) is 6.07 Å². The Morgan fingerprint density at radius 1 is 1.13 bits per heavy atom. The van der Waals surface area contributed by atoms with E-state index in [-0.39, 0.29) is 5.69 Å². The molecule has 0 aliphatic carbocycles. The van der Waals surface area contributed by atoms with Gasteiger partial charge in [-0.15, -0.1) is 0 Å². The summed E-state index contributed by atoms with van der Waals surface area (Å²) < 4.78 is 5.13. The van der Waals surface area contributed by atoms with E-state index in [0.717, 1.165) is 31.9 Å². The highest BCUT2D eigenvalue weighted by molar-refractivity contribution is 5.91. The van der Waals surface area contributed by atoms with E-state index in [2.05, 4.69) is 24.8 Å². The number of piperazine rings is 1. The molecule has 120 valence electrons. The van der Waals surface area contributed by atoms with Gasteiger partial charge in [-0.05, 0) is 12.1 Å². The van der Waals surface area contributed by atoms with Gasteiger partial charge in [0.1, 0.15) is 5.69 Å². The average molecular weight is 314 g/mol. The van der Waals surface area contributed by atoms with Crippen LogP contribution in [0.3, 0.4) is 0 Å². The molecule has 8 nitrogen and oxygen atoms in total. The number of amides is 1. The third-order valence-electron chi connectivity index (χ3n) is 3.75.